The van der Waals surface area contributed by atoms with Crippen molar-refractivity contribution >= 4 is 28.3 Å². The van der Waals surface area contributed by atoms with E-state index in [0.29, 0.717) is 18.1 Å². The predicted molar refractivity (Wildman–Crippen MR) is 108 cm³/mol. The van der Waals surface area contributed by atoms with Gasteiger partial charge >= 0.3 is 0 Å². The van der Waals surface area contributed by atoms with Crippen molar-refractivity contribution in [2.75, 3.05) is 46.9 Å². The fraction of sp³-hybridized carbons (Fsp3) is 0.611. The SMILES string of the molecule is CNCCC1CCN(C(=O)c2ccc(S(=O)(=O)NCCOC)cc2)CC1.Cl. The van der Waals surface area contributed by atoms with E-state index in [0.717, 1.165) is 38.9 Å². The Morgan fingerprint density at radius 3 is 2.37 bits per heavy atom. The van der Waals surface area contributed by atoms with Crippen molar-refractivity contribution in [3.8, 4) is 0 Å². The van der Waals surface area contributed by atoms with Crippen molar-refractivity contribution in [2.45, 2.75) is 24.2 Å². The molecule has 1 heterocycles. The summed E-state index contributed by atoms with van der Waals surface area (Å²) in [4.78, 5) is 14.6. The molecular weight excluding hydrogens is 390 g/mol. The van der Waals surface area contributed by atoms with Gasteiger partial charge in [0.05, 0.1) is 11.5 Å². The Kier molecular flexibility index (Phi) is 10.3. The smallest absolute Gasteiger partial charge is 0.253 e. The Morgan fingerprint density at radius 1 is 1.19 bits per heavy atom. The molecule has 1 aromatic carbocycles. The summed E-state index contributed by atoms with van der Waals surface area (Å²) in [5.41, 5.74) is 0.523. The molecule has 1 fully saturated rings. The third-order valence-corrected chi connectivity index (χ3v) is 6.19. The Labute approximate surface area is 168 Å². The molecule has 1 saturated heterocycles. The second kappa shape index (κ2) is 11.6. The average Bonchev–Trinajstić information content (AvgIpc) is 2.66. The zero-order valence-electron chi connectivity index (χ0n) is 15.9. The molecule has 0 unspecified atom stereocenters. The quantitative estimate of drug-likeness (QED) is 0.592. The maximum absolute atomic E-state index is 12.6. The normalized spacial score (nSPS) is 15.4. The van der Waals surface area contributed by atoms with Crippen molar-refractivity contribution in [3.63, 3.8) is 0 Å². The standard InChI is InChI=1S/C18H29N3O4S.ClH/c1-19-10-7-15-8-12-21(13-9-15)18(22)16-3-5-17(6-4-16)26(23,24)20-11-14-25-2;/h3-6,15,19-20H,7-14H2,1-2H3;1H. The first-order valence-corrected chi connectivity index (χ1v) is 10.5. The largest absolute Gasteiger partial charge is 0.383 e. The lowest BCUT2D eigenvalue weighted by molar-refractivity contribution is 0.0687. The molecular formula is C18H30ClN3O4S. The number of amides is 1. The van der Waals surface area contributed by atoms with E-state index in [2.05, 4.69) is 10.0 Å². The van der Waals surface area contributed by atoms with Crippen LogP contribution >= 0.6 is 12.4 Å². The van der Waals surface area contributed by atoms with Gasteiger partial charge in [0.1, 0.15) is 0 Å². The third kappa shape index (κ3) is 7.04. The highest BCUT2D eigenvalue weighted by Crippen LogP contribution is 2.22. The molecule has 0 aromatic heterocycles. The van der Waals surface area contributed by atoms with Crippen LogP contribution in [-0.4, -0.2) is 66.2 Å². The maximum Gasteiger partial charge on any atom is 0.253 e. The van der Waals surface area contributed by atoms with Crippen LogP contribution in [0.3, 0.4) is 0 Å². The lowest BCUT2D eigenvalue weighted by Gasteiger charge is -2.32. The number of nitrogens with zero attached hydrogens (tertiary/aromatic N) is 1. The predicted octanol–water partition coefficient (Wildman–Crippen LogP) is 1.49. The van der Waals surface area contributed by atoms with E-state index in [4.69, 9.17) is 4.74 Å². The van der Waals surface area contributed by atoms with Gasteiger partial charge in [-0.3, -0.25) is 4.79 Å². The number of hydrogen-bond donors (Lipinski definition) is 2. The van der Waals surface area contributed by atoms with Gasteiger partial charge in [-0.1, -0.05) is 0 Å². The molecule has 1 amide bonds. The van der Waals surface area contributed by atoms with E-state index < -0.39 is 10.0 Å². The minimum atomic E-state index is -3.58. The molecule has 0 saturated carbocycles. The van der Waals surface area contributed by atoms with Crippen molar-refractivity contribution < 1.29 is 17.9 Å². The van der Waals surface area contributed by atoms with Gasteiger partial charge in [-0.15, -0.1) is 12.4 Å². The van der Waals surface area contributed by atoms with Crippen LogP contribution in [0, 0.1) is 5.92 Å². The number of hydrogen-bond acceptors (Lipinski definition) is 5. The Morgan fingerprint density at radius 2 is 1.81 bits per heavy atom. The van der Waals surface area contributed by atoms with Gasteiger partial charge in [0.15, 0.2) is 0 Å². The summed E-state index contributed by atoms with van der Waals surface area (Å²) >= 11 is 0. The monoisotopic (exact) mass is 419 g/mol. The summed E-state index contributed by atoms with van der Waals surface area (Å²) in [6, 6.07) is 6.12. The summed E-state index contributed by atoms with van der Waals surface area (Å²) < 4.78 is 31.6. The minimum Gasteiger partial charge on any atom is -0.383 e. The molecule has 1 aliphatic rings. The molecule has 7 nitrogen and oxygen atoms in total. The summed E-state index contributed by atoms with van der Waals surface area (Å²) in [5.74, 6) is 0.630. The summed E-state index contributed by atoms with van der Waals surface area (Å²) in [6.07, 6.45) is 3.17. The maximum atomic E-state index is 12.6. The summed E-state index contributed by atoms with van der Waals surface area (Å²) in [6.45, 7) is 3.03. The van der Waals surface area contributed by atoms with Gasteiger partial charge in [0.25, 0.3) is 5.91 Å². The number of halogens is 1. The summed E-state index contributed by atoms with van der Waals surface area (Å²) in [5, 5.41) is 3.17. The van der Waals surface area contributed by atoms with E-state index in [1.807, 2.05) is 11.9 Å². The number of benzene rings is 1. The first kappa shape index (κ1) is 23.8. The van der Waals surface area contributed by atoms with Crippen molar-refractivity contribution in [2.24, 2.45) is 5.92 Å². The van der Waals surface area contributed by atoms with Crippen LogP contribution in [0.25, 0.3) is 0 Å². The number of piperidine rings is 1. The van der Waals surface area contributed by atoms with E-state index in [1.165, 1.54) is 19.2 Å². The van der Waals surface area contributed by atoms with E-state index in [-0.39, 0.29) is 29.8 Å². The molecule has 9 heteroatoms. The van der Waals surface area contributed by atoms with Gasteiger partial charge in [-0.25, -0.2) is 13.1 Å². The molecule has 0 bridgehead atoms. The number of methoxy groups -OCH3 is 1. The van der Waals surface area contributed by atoms with Crippen molar-refractivity contribution in [3.05, 3.63) is 29.8 Å². The first-order valence-electron chi connectivity index (χ1n) is 9.00. The van der Waals surface area contributed by atoms with Gasteiger partial charge < -0.3 is 15.0 Å². The Bertz CT molecular complexity index is 674. The molecule has 154 valence electrons. The fourth-order valence-electron chi connectivity index (χ4n) is 3.09. The molecule has 0 spiro atoms. The van der Waals surface area contributed by atoms with E-state index in [9.17, 15) is 13.2 Å². The second-order valence-corrected chi connectivity index (χ2v) is 8.31. The van der Waals surface area contributed by atoms with Crippen LogP contribution in [0.4, 0.5) is 0 Å². The summed E-state index contributed by atoms with van der Waals surface area (Å²) in [7, 11) is -0.111. The molecule has 1 aliphatic heterocycles. The first-order chi connectivity index (χ1) is 12.5. The minimum absolute atomic E-state index is 0. The number of ether oxygens (including phenoxy) is 1. The highest BCUT2D eigenvalue weighted by atomic mass is 35.5. The number of sulfonamides is 1. The van der Waals surface area contributed by atoms with Crippen LogP contribution < -0.4 is 10.0 Å². The molecule has 2 N–H and O–H groups in total. The molecule has 27 heavy (non-hydrogen) atoms. The third-order valence-electron chi connectivity index (χ3n) is 4.71. The van der Waals surface area contributed by atoms with Crippen molar-refractivity contribution in [1.29, 1.82) is 0 Å². The Hall–Kier alpha value is -1.19. The molecule has 0 atom stereocenters. The lowest BCUT2D eigenvalue weighted by Crippen LogP contribution is -2.39. The second-order valence-electron chi connectivity index (χ2n) is 6.54. The van der Waals surface area contributed by atoms with Gasteiger partial charge in [-0.05, 0) is 63.0 Å². The zero-order valence-corrected chi connectivity index (χ0v) is 17.6. The number of carbonyl (C=O) groups excluding carboxylic acids is 1. The number of rotatable bonds is 9. The van der Waals surface area contributed by atoms with Gasteiger partial charge in [0.2, 0.25) is 10.0 Å². The number of likely N-dealkylation sites (tertiary alicyclic amines) is 1. The molecule has 0 radical (unpaired) electrons. The fourth-order valence-corrected chi connectivity index (χ4v) is 4.11. The average molecular weight is 420 g/mol. The molecule has 2 rings (SSSR count). The highest BCUT2D eigenvalue weighted by molar-refractivity contribution is 7.89. The van der Waals surface area contributed by atoms with Crippen LogP contribution in [0.15, 0.2) is 29.2 Å². The van der Waals surface area contributed by atoms with Crippen molar-refractivity contribution in [1.82, 2.24) is 14.9 Å². The highest BCUT2D eigenvalue weighted by Gasteiger charge is 2.23. The van der Waals surface area contributed by atoms with Crippen LogP contribution in [0.1, 0.15) is 29.6 Å². The van der Waals surface area contributed by atoms with E-state index in [1.54, 1.807) is 12.1 Å². The lowest BCUT2D eigenvalue weighted by atomic mass is 9.93. The van der Waals surface area contributed by atoms with E-state index >= 15 is 0 Å². The Balaban J connectivity index is 0.00000364. The molecule has 0 aliphatic carbocycles. The number of carbonyl (C=O) groups is 1. The number of nitrogens with one attached hydrogen (secondary N) is 2. The van der Waals surface area contributed by atoms with Crippen LogP contribution in [0.2, 0.25) is 0 Å². The molecule has 1 aromatic rings. The van der Waals surface area contributed by atoms with Gasteiger partial charge in [-0.2, -0.15) is 0 Å². The van der Waals surface area contributed by atoms with Gasteiger partial charge in [0, 0.05) is 32.3 Å². The van der Waals surface area contributed by atoms with Crippen LogP contribution in [0.5, 0.6) is 0 Å². The topological polar surface area (TPSA) is 87.7 Å². The van der Waals surface area contributed by atoms with Crippen LogP contribution in [-0.2, 0) is 14.8 Å². The zero-order chi connectivity index (χ0) is 19.0.